The Labute approximate surface area is 177 Å². The predicted molar refractivity (Wildman–Crippen MR) is 117 cm³/mol. The predicted octanol–water partition coefficient (Wildman–Crippen LogP) is 3.49. The van der Waals surface area contributed by atoms with Gasteiger partial charge in [0.05, 0.1) is 0 Å². The van der Waals surface area contributed by atoms with E-state index < -0.39 is 5.60 Å². The normalized spacial score (nSPS) is 18.7. The van der Waals surface area contributed by atoms with Gasteiger partial charge in [0.2, 0.25) is 0 Å². The molecule has 0 aromatic rings. The number of nitrogens with zero attached hydrogens (tertiary/aromatic N) is 3. The van der Waals surface area contributed by atoms with Gasteiger partial charge in [-0.2, -0.15) is 0 Å². The third-order valence-electron chi connectivity index (χ3n) is 5.40. The van der Waals surface area contributed by atoms with Crippen LogP contribution >= 0.6 is 0 Å². The minimum absolute atomic E-state index is 0.153. The van der Waals surface area contributed by atoms with Crippen LogP contribution in [0.1, 0.15) is 66.2 Å². The Hall–Kier alpha value is -1.50. The summed E-state index contributed by atoms with van der Waals surface area (Å²) in [6.45, 7) is 13.0. The van der Waals surface area contributed by atoms with Crippen molar-refractivity contribution in [3.63, 3.8) is 0 Å². The molecule has 0 unspecified atom stereocenters. The number of likely N-dealkylation sites (tertiary alicyclic amines) is 1. The van der Waals surface area contributed by atoms with E-state index in [-0.39, 0.29) is 12.1 Å². The summed E-state index contributed by atoms with van der Waals surface area (Å²) in [7, 11) is 1.84. The molecule has 2 aliphatic rings. The number of rotatable bonds is 9. The van der Waals surface area contributed by atoms with Crippen molar-refractivity contribution in [2.75, 3.05) is 46.4 Å². The molecule has 1 N–H and O–H groups in total. The third-order valence-corrected chi connectivity index (χ3v) is 5.40. The Balaban J connectivity index is 1.80. The monoisotopic (exact) mass is 410 g/mol. The van der Waals surface area contributed by atoms with Crippen molar-refractivity contribution in [3.8, 4) is 0 Å². The van der Waals surface area contributed by atoms with Crippen molar-refractivity contribution < 1.29 is 14.3 Å². The van der Waals surface area contributed by atoms with Crippen LogP contribution < -0.4 is 5.32 Å². The standard InChI is InChI=1S/C22H42N4O3/c1-6-28-16-8-7-13-24-20(23-5)25-14-11-19(12-15-25)26(17-18-9-10-18)21(27)29-22(2,3)4/h18-19H,6-17H2,1-5H3,(H,23,24). The number of piperidine rings is 1. The van der Waals surface area contributed by atoms with Crippen LogP contribution in [0.5, 0.6) is 0 Å². The molecule has 0 aromatic heterocycles. The highest BCUT2D eigenvalue weighted by Gasteiger charge is 2.35. The highest BCUT2D eigenvalue weighted by atomic mass is 16.6. The third kappa shape index (κ3) is 8.81. The molecule has 1 aliphatic heterocycles. The van der Waals surface area contributed by atoms with Crippen LogP contribution in [0, 0.1) is 5.92 Å². The number of carbonyl (C=O) groups excluding carboxylic acids is 1. The van der Waals surface area contributed by atoms with Gasteiger partial charge in [0.1, 0.15) is 5.60 Å². The van der Waals surface area contributed by atoms with Crippen molar-refractivity contribution in [1.82, 2.24) is 15.1 Å². The van der Waals surface area contributed by atoms with E-state index in [9.17, 15) is 4.79 Å². The first kappa shape index (κ1) is 23.8. The summed E-state index contributed by atoms with van der Waals surface area (Å²) in [6.07, 6.45) is 6.36. The fourth-order valence-corrected chi connectivity index (χ4v) is 3.67. The quantitative estimate of drug-likeness (QED) is 0.358. The number of hydrogen-bond acceptors (Lipinski definition) is 4. The van der Waals surface area contributed by atoms with Gasteiger partial charge < -0.3 is 24.6 Å². The largest absolute Gasteiger partial charge is 0.444 e. The molecule has 0 aromatic carbocycles. The summed E-state index contributed by atoms with van der Waals surface area (Å²) < 4.78 is 11.1. The molecule has 2 fully saturated rings. The van der Waals surface area contributed by atoms with Crippen molar-refractivity contribution in [1.29, 1.82) is 0 Å². The van der Waals surface area contributed by atoms with E-state index in [0.717, 1.165) is 71.0 Å². The summed E-state index contributed by atoms with van der Waals surface area (Å²) in [4.78, 5) is 21.6. The van der Waals surface area contributed by atoms with Gasteiger partial charge in [0.25, 0.3) is 0 Å². The van der Waals surface area contributed by atoms with E-state index in [0.29, 0.717) is 5.92 Å². The Bertz CT molecular complexity index is 521. The van der Waals surface area contributed by atoms with Crippen molar-refractivity contribution in [3.05, 3.63) is 0 Å². The molecule has 7 nitrogen and oxygen atoms in total. The zero-order chi connectivity index (χ0) is 21.3. The van der Waals surface area contributed by atoms with E-state index in [4.69, 9.17) is 9.47 Å². The van der Waals surface area contributed by atoms with Crippen LogP contribution in [0.15, 0.2) is 4.99 Å². The number of aliphatic imine (C=N–C) groups is 1. The second-order valence-electron chi connectivity index (χ2n) is 9.17. The maximum absolute atomic E-state index is 12.8. The summed E-state index contributed by atoms with van der Waals surface area (Å²) >= 11 is 0. The molecular formula is C22H42N4O3. The van der Waals surface area contributed by atoms with Gasteiger partial charge in [-0.1, -0.05) is 0 Å². The van der Waals surface area contributed by atoms with E-state index in [1.165, 1.54) is 12.8 Å². The maximum Gasteiger partial charge on any atom is 0.410 e. The molecule has 0 spiro atoms. The lowest BCUT2D eigenvalue weighted by Gasteiger charge is -2.40. The zero-order valence-corrected chi connectivity index (χ0v) is 19.2. The number of ether oxygens (including phenoxy) is 2. The fourth-order valence-electron chi connectivity index (χ4n) is 3.67. The molecule has 2 rings (SSSR count). The van der Waals surface area contributed by atoms with Crippen LogP contribution in [-0.2, 0) is 9.47 Å². The molecule has 0 atom stereocenters. The minimum Gasteiger partial charge on any atom is -0.444 e. The molecule has 7 heteroatoms. The maximum atomic E-state index is 12.8. The summed E-state index contributed by atoms with van der Waals surface area (Å²) in [5.74, 6) is 1.62. The van der Waals surface area contributed by atoms with Crippen LogP contribution in [0.4, 0.5) is 4.79 Å². The summed E-state index contributed by atoms with van der Waals surface area (Å²) in [5.41, 5.74) is -0.451. The van der Waals surface area contributed by atoms with E-state index in [1.54, 1.807) is 0 Å². The molecule has 1 saturated heterocycles. The SMILES string of the molecule is CCOCCCCNC(=NC)N1CCC(N(CC2CC2)C(=O)OC(C)(C)C)CC1. The van der Waals surface area contributed by atoms with Gasteiger partial charge >= 0.3 is 6.09 Å². The topological polar surface area (TPSA) is 66.4 Å². The molecule has 1 saturated carbocycles. The van der Waals surface area contributed by atoms with Gasteiger partial charge in [-0.3, -0.25) is 4.99 Å². The number of guanidine groups is 1. The lowest BCUT2D eigenvalue weighted by molar-refractivity contribution is 0.00928. The second-order valence-corrected chi connectivity index (χ2v) is 9.17. The average Bonchev–Trinajstić information content (AvgIpc) is 3.49. The Morgan fingerprint density at radius 3 is 2.41 bits per heavy atom. The Morgan fingerprint density at radius 2 is 1.86 bits per heavy atom. The van der Waals surface area contributed by atoms with Gasteiger partial charge in [-0.15, -0.1) is 0 Å². The van der Waals surface area contributed by atoms with Gasteiger partial charge in [-0.05, 0) is 72.1 Å². The Kier molecular flexibility index (Phi) is 9.53. The molecule has 1 heterocycles. The van der Waals surface area contributed by atoms with E-state index >= 15 is 0 Å². The summed E-state index contributed by atoms with van der Waals surface area (Å²) in [6, 6.07) is 0.256. The average molecular weight is 411 g/mol. The van der Waals surface area contributed by atoms with Crippen molar-refractivity contribution in [2.45, 2.75) is 77.9 Å². The molecule has 1 amide bonds. The first-order valence-electron chi connectivity index (χ1n) is 11.4. The lowest BCUT2D eigenvalue weighted by atomic mass is 10.0. The minimum atomic E-state index is -0.451. The second kappa shape index (κ2) is 11.6. The van der Waals surface area contributed by atoms with E-state index in [2.05, 4.69) is 15.2 Å². The first-order valence-corrected chi connectivity index (χ1v) is 11.4. The van der Waals surface area contributed by atoms with Crippen molar-refractivity contribution in [2.24, 2.45) is 10.9 Å². The number of unbranched alkanes of at least 4 members (excludes halogenated alkanes) is 1. The number of carbonyl (C=O) groups is 1. The molecule has 168 valence electrons. The van der Waals surface area contributed by atoms with Crippen LogP contribution in [0.25, 0.3) is 0 Å². The van der Waals surface area contributed by atoms with Crippen LogP contribution in [0.3, 0.4) is 0 Å². The van der Waals surface area contributed by atoms with Crippen molar-refractivity contribution >= 4 is 12.1 Å². The van der Waals surface area contributed by atoms with Gasteiger partial charge in [-0.25, -0.2) is 4.79 Å². The number of amides is 1. The number of hydrogen-bond donors (Lipinski definition) is 1. The van der Waals surface area contributed by atoms with Gasteiger partial charge in [0, 0.05) is 52.5 Å². The molecule has 29 heavy (non-hydrogen) atoms. The van der Waals surface area contributed by atoms with Crippen LogP contribution in [-0.4, -0.2) is 79.9 Å². The highest BCUT2D eigenvalue weighted by molar-refractivity contribution is 5.80. The molecule has 0 radical (unpaired) electrons. The van der Waals surface area contributed by atoms with Crippen LogP contribution in [0.2, 0.25) is 0 Å². The zero-order valence-electron chi connectivity index (χ0n) is 19.2. The van der Waals surface area contributed by atoms with Gasteiger partial charge in [0.15, 0.2) is 5.96 Å². The number of nitrogens with one attached hydrogen (secondary N) is 1. The highest BCUT2D eigenvalue weighted by Crippen LogP contribution is 2.32. The van der Waals surface area contributed by atoms with E-state index in [1.807, 2.05) is 39.6 Å². The summed E-state index contributed by atoms with van der Waals surface area (Å²) in [5, 5.41) is 3.47. The fraction of sp³-hybridized carbons (Fsp3) is 0.909. The lowest BCUT2D eigenvalue weighted by Crippen LogP contribution is -2.52. The first-order chi connectivity index (χ1) is 13.8. The molecule has 0 bridgehead atoms. The molecular weight excluding hydrogens is 368 g/mol. The Morgan fingerprint density at radius 1 is 1.17 bits per heavy atom. The molecule has 1 aliphatic carbocycles. The smallest absolute Gasteiger partial charge is 0.410 e.